The summed E-state index contributed by atoms with van der Waals surface area (Å²) >= 11 is 0. The van der Waals surface area contributed by atoms with Gasteiger partial charge >= 0.3 is 12.2 Å². The maximum Gasteiger partial charge on any atom is 0.410 e. The predicted molar refractivity (Wildman–Crippen MR) is 193 cm³/mol. The van der Waals surface area contributed by atoms with Gasteiger partial charge in [0.15, 0.2) is 0 Å². The number of ether oxygens (including phenoxy) is 2. The van der Waals surface area contributed by atoms with E-state index in [0.717, 1.165) is 16.7 Å². The molecule has 0 saturated heterocycles. The fourth-order valence-corrected chi connectivity index (χ4v) is 5.55. The molecule has 0 spiro atoms. The standard InChI is InChI=1S/C39H54N4O7/c1-27(2)35(43(6)38(48)49-26-30-20-14-9-15-21-30)36(46)41-31(22-28-16-10-7-11-17-28)33(44)24-40-25-34(45)32(23-29-18-12-8-13-19-29)42-37(47)50-39(3,4)5/h7-21,27,31-35,40,44-45H,22-26H2,1-6H3,(H,41,46)(H,42,47)/t31-,32-,33+,34+,35-/m0/s1. The molecule has 0 aromatic heterocycles. The van der Waals surface area contributed by atoms with Crippen molar-refractivity contribution in [2.75, 3.05) is 20.1 Å². The van der Waals surface area contributed by atoms with E-state index in [9.17, 15) is 24.6 Å². The molecule has 11 nitrogen and oxygen atoms in total. The van der Waals surface area contributed by atoms with Crippen molar-refractivity contribution in [1.29, 1.82) is 0 Å². The Labute approximate surface area is 296 Å². The molecule has 0 aliphatic rings. The monoisotopic (exact) mass is 690 g/mol. The Kier molecular flexibility index (Phi) is 15.7. The maximum atomic E-state index is 13.8. The van der Waals surface area contributed by atoms with Gasteiger partial charge in [0.25, 0.3) is 0 Å². The number of nitrogens with zero attached hydrogens (tertiary/aromatic N) is 1. The van der Waals surface area contributed by atoms with Gasteiger partial charge < -0.3 is 35.6 Å². The second-order valence-corrected chi connectivity index (χ2v) is 13.9. The van der Waals surface area contributed by atoms with E-state index >= 15 is 0 Å². The fraction of sp³-hybridized carbons (Fsp3) is 0.462. The van der Waals surface area contributed by atoms with Crippen molar-refractivity contribution in [2.45, 2.75) is 90.0 Å². The number of nitrogens with one attached hydrogen (secondary N) is 3. The van der Waals surface area contributed by atoms with Gasteiger partial charge in [0, 0.05) is 20.1 Å². The number of aliphatic hydroxyl groups excluding tert-OH is 2. The van der Waals surface area contributed by atoms with Gasteiger partial charge in [-0.3, -0.25) is 9.69 Å². The highest BCUT2D eigenvalue weighted by Gasteiger charge is 2.34. The first-order valence-corrected chi connectivity index (χ1v) is 17.1. The van der Waals surface area contributed by atoms with Gasteiger partial charge in [0.1, 0.15) is 18.2 Å². The highest BCUT2D eigenvalue weighted by Crippen LogP contribution is 2.15. The minimum Gasteiger partial charge on any atom is -0.445 e. The van der Waals surface area contributed by atoms with E-state index < -0.39 is 54.0 Å². The van der Waals surface area contributed by atoms with Crippen LogP contribution in [0.2, 0.25) is 0 Å². The molecule has 3 aromatic carbocycles. The molecule has 3 amide bonds. The average Bonchev–Trinajstić information content (AvgIpc) is 3.07. The van der Waals surface area contributed by atoms with Gasteiger partial charge in [-0.25, -0.2) is 9.59 Å². The van der Waals surface area contributed by atoms with Crippen molar-refractivity contribution < 1.29 is 34.1 Å². The van der Waals surface area contributed by atoms with Crippen LogP contribution in [0.25, 0.3) is 0 Å². The van der Waals surface area contributed by atoms with E-state index in [2.05, 4.69) is 16.0 Å². The lowest BCUT2D eigenvalue weighted by Gasteiger charge is -2.33. The number of likely N-dealkylation sites (N-methyl/N-ethyl adjacent to an activating group) is 1. The Bertz CT molecular complexity index is 1450. The SMILES string of the molecule is CC(C)[C@@H](C(=O)N[C@@H](Cc1ccccc1)[C@H](O)CNC[C@@H](O)[C@H](Cc1ccccc1)NC(=O)OC(C)(C)C)N(C)C(=O)OCc1ccccc1. The van der Waals surface area contributed by atoms with Gasteiger partial charge in [-0.15, -0.1) is 0 Å². The molecular weight excluding hydrogens is 636 g/mol. The van der Waals surface area contributed by atoms with Crippen LogP contribution in [0.1, 0.15) is 51.3 Å². The van der Waals surface area contributed by atoms with E-state index in [1.807, 2.05) is 105 Å². The number of carbonyl (C=O) groups excluding carboxylic acids is 3. The zero-order valence-electron chi connectivity index (χ0n) is 30.0. The van der Waals surface area contributed by atoms with Gasteiger partial charge in [-0.1, -0.05) is 105 Å². The molecule has 5 N–H and O–H groups in total. The third-order valence-corrected chi connectivity index (χ3v) is 8.07. The average molecular weight is 691 g/mol. The van der Waals surface area contributed by atoms with Gasteiger partial charge in [-0.05, 0) is 56.2 Å². The van der Waals surface area contributed by atoms with Crippen molar-refractivity contribution in [3.05, 3.63) is 108 Å². The van der Waals surface area contributed by atoms with Crippen molar-refractivity contribution in [1.82, 2.24) is 20.9 Å². The molecule has 11 heteroatoms. The Morgan fingerprint density at radius 3 is 1.60 bits per heavy atom. The quantitative estimate of drug-likeness (QED) is 0.140. The second-order valence-electron chi connectivity index (χ2n) is 13.9. The summed E-state index contributed by atoms with van der Waals surface area (Å²) in [7, 11) is 1.53. The van der Waals surface area contributed by atoms with Crippen LogP contribution >= 0.6 is 0 Å². The molecule has 3 rings (SSSR count). The Balaban J connectivity index is 1.68. The maximum absolute atomic E-state index is 13.8. The summed E-state index contributed by atoms with van der Waals surface area (Å²) in [6.45, 7) is 9.12. The summed E-state index contributed by atoms with van der Waals surface area (Å²) in [4.78, 5) is 40.7. The van der Waals surface area contributed by atoms with Gasteiger partial charge in [0.05, 0.1) is 24.3 Å². The lowest BCUT2D eigenvalue weighted by Crippen LogP contribution is -2.57. The van der Waals surface area contributed by atoms with E-state index in [4.69, 9.17) is 9.47 Å². The lowest BCUT2D eigenvalue weighted by atomic mass is 9.97. The molecule has 0 saturated carbocycles. The summed E-state index contributed by atoms with van der Waals surface area (Å²) in [5.41, 5.74) is 1.94. The Morgan fingerprint density at radius 2 is 1.16 bits per heavy atom. The van der Waals surface area contributed by atoms with Crippen LogP contribution in [0, 0.1) is 5.92 Å². The van der Waals surface area contributed by atoms with E-state index in [0.29, 0.717) is 12.8 Å². The first-order chi connectivity index (χ1) is 23.7. The number of carbonyl (C=O) groups is 3. The summed E-state index contributed by atoms with van der Waals surface area (Å²) in [5, 5.41) is 31.5. The number of aliphatic hydroxyl groups is 2. The molecule has 0 aliphatic carbocycles. The number of alkyl carbamates (subject to hydrolysis) is 1. The first-order valence-electron chi connectivity index (χ1n) is 17.1. The number of amides is 3. The summed E-state index contributed by atoms with van der Waals surface area (Å²) < 4.78 is 10.9. The van der Waals surface area contributed by atoms with Gasteiger partial charge in [0.2, 0.25) is 5.91 Å². The molecule has 0 unspecified atom stereocenters. The molecule has 0 heterocycles. The molecule has 272 valence electrons. The smallest absolute Gasteiger partial charge is 0.410 e. The van der Waals surface area contributed by atoms with E-state index in [1.54, 1.807) is 20.8 Å². The summed E-state index contributed by atoms with van der Waals surface area (Å²) in [6.07, 6.45) is -2.70. The zero-order chi connectivity index (χ0) is 36.7. The van der Waals surface area contributed by atoms with Crippen LogP contribution in [0.5, 0.6) is 0 Å². The van der Waals surface area contributed by atoms with Crippen molar-refractivity contribution in [3.8, 4) is 0 Å². The molecule has 0 bridgehead atoms. The number of hydrogen-bond acceptors (Lipinski definition) is 8. The van der Waals surface area contributed by atoms with Crippen molar-refractivity contribution >= 4 is 18.1 Å². The van der Waals surface area contributed by atoms with Crippen molar-refractivity contribution in [3.63, 3.8) is 0 Å². The Morgan fingerprint density at radius 1 is 0.720 bits per heavy atom. The third-order valence-electron chi connectivity index (χ3n) is 8.07. The van der Waals surface area contributed by atoms with Crippen molar-refractivity contribution in [2.24, 2.45) is 5.92 Å². The molecular formula is C39H54N4O7. The summed E-state index contributed by atoms with van der Waals surface area (Å²) in [5.74, 6) is -0.685. The van der Waals surface area contributed by atoms with Crippen LogP contribution in [0.4, 0.5) is 9.59 Å². The van der Waals surface area contributed by atoms with Crippen LogP contribution in [-0.4, -0.2) is 89.3 Å². The number of benzene rings is 3. The Hall–Kier alpha value is -4.45. The largest absolute Gasteiger partial charge is 0.445 e. The van der Waals surface area contributed by atoms with E-state index in [1.165, 1.54) is 11.9 Å². The molecule has 0 fully saturated rings. The number of rotatable bonds is 17. The molecule has 50 heavy (non-hydrogen) atoms. The highest BCUT2D eigenvalue weighted by molar-refractivity contribution is 5.86. The minimum absolute atomic E-state index is 0.0284. The predicted octanol–water partition coefficient (Wildman–Crippen LogP) is 4.45. The normalized spacial score (nSPS) is 14.5. The van der Waals surface area contributed by atoms with Crippen LogP contribution in [0.3, 0.4) is 0 Å². The molecule has 0 radical (unpaired) electrons. The zero-order valence-corrected chi connectivity index (χ0v) is 30.0. The lowest BCUT2D eigenvalue weighted by molar-refractivity contribution is -0.128. The molecule has 3 aromatic rings. The topological polar surface area (TPSA) is 149 Å². The highest BCUT2D eigenvalue weighted by atomic mass is 16.6. The van der Waals surface area contributed by atoms with Gasteiger partial charge in [-0.2, -0.15) is 0 Å². The fourth-order valence-electron chi connectivity index (χ4n) is 5.55. The molecule has 0 aliphatic heterocycles. The van der Waals surface area contributed by atoms with Crippen LogP contribution < -0.4 is 16.0 Å². The summed E-state index contributed by atoms with van der Waals surface area (Å²) in [6, 6.07) is 26.0. The molecule has 5 atom stereocenters. The minimum atomic E-state index is -1.07. The number of hydrogen-bond donors (Lipinski definition) is 5. The first kappa shape index (κ1) is 40.0. The van der Waals surface area contributed by atoms with Crippen LogP contribution in [-0.2, 0) is 33.7 Å². The second kappa shape index (κ2) is 19.7. The third kappa shape index (κ3) is 13.8. The van der Waals surface area contributed by atoms with E-state index in [-0.39, 0.29) is 25.6 Å². The van der Waals surface area contributed by atoms with Crippen LogP contribution in [0.15, 0.2) is 91.0 Å².